The van der Waals surface area contributed by atoms with Gasteiger partial charge in [-0.1, -0.05) is 12.2 Å². The van der Waals surface area contributed by atoms with Gasteiger partial charge >= 0.3 is 5.97 Å². The lowest BCUT2D eigenvalue weighted by molar-refractivity contribution is -0.0405. The molecule has 1 aromatic carbocycles. The molecule has 7 heteroatoms. The van der Waals surface area contributed by atoms with Gasteiger partial charge in [-0.25, -0.2) is 4.79 Å². The number of rotatable bonds is 3. The number of hydrogen-bond donors (Lipinski definition) is 1. The maximum absolute atomic E-state index is 11.8. The predicted molar refractivity (Wildman–Crippen MR) is 104 cm³/mol. The van der Waals surface area contributed by atoms with Crippen LogP contribution >= 0.6 is 12.2 Å². The van der Waals surface area contributed by atoms with E-state index in [2.05, 4.69) is 6.07 Å². The number of nitrogens with two attached hydrogens (primary N) is 1. The highest BCUT2D eigenvalue weighted by atomic mass is 32.1. The summed E-state index contributed by atoms with van der Waals surface area (Å²) in [4.78, 5) is 11.8. The van der Waals surface area contributed by atoms with Gasteiger partial charge in [-0.15, -0.1) is 0 Å². The second-order valence-electron chi connectivity index (χ2n) is 6.96. The number of fused-ring (bicyclic) bond motifs is 1. The van der Waals surface area contributed by atoms with Gasteiger partial charge in [-0.05, 0) is 50.6 Å². The minimum atomic E-state index is -0.389. The van der Waals surface area contributed by atoms with Crippen LogP contribution in [-0.4, -0.2) is 22.7 Å². The van der Waals surface area contributed by atoms with Gasteiger partial charge < -0.3 is 15.2 Å². The van der Waals surface area contributed by atoms with Gasteiger partial charge in [0.25, 0.3) is 0 Å². The van der Waals surface area contributed by atoms with Crippen molar-refractivity contribution in [1.29, 1.82) is 5.26 Å². The number of benzene rings is 1. The number of carbonyl (C=O) groups is 1. The summed E-state index contributed by atoms with van der Waals surface area (Å²) in [6.07, 6.45) is 0.571. The number of nitriles is 1. The number of nitrogen functional groups attached to an aromatic ring is 1. The molecule has 1 aliphatic heterocycles. The van der Waals surface area contributed by atoms with Gasteiger partial charge in [0.2, 0.25) is 0 Å². The molecule has 0 atom stereocenters. The zero-order chi connectivity index (χ0) is 19.8. The van der Waals surface area contributed by atoms with E-state index in [0.717, 1.165) is 11.1 Å². The summed E-state index contributed by atoms with van der Waals surface area (Å²) in [6.45, 7) is 6.35. The number of hydrogen-bond acceptors (Lipinski definition) is 6. The third kappa shape index (κ3) is 3.46. The molecule has 2 aromatic rings. The molecule has 1 aromatic heterocycles. The van der Waals surface area contributed by atoms with Crippen molar-refractivity contribution in [2.45, 2.75) is 39.4 Å². The standard InChI is InChI=1S/C20H21N3O3S/c1-4-25-19(24)12-5-7-13(8-6-12)23-17(22)15(10-21)14-9-20(2,3)26-11-16(14)18(23)27/h5-8H,4,9,11,22H2,1-3H3. The Kier molecular flexibility index (Phi) is 5.05. The number of anilines is 1. The number of carbonyl (C=O) groups excluding carboxylic acids is 1. The van der Waals surface area contributed by atoms with E-state index in [1.807, 2.05) is 13.8 Å². The third-order valence-corrected chi connectivity index (χ3v) is 5.01. The first-order chi connectivity index (χ1) is 12.8. The van der Waals surface area contributed by atoms with Crippen LogP contribution in [-0.2, 0) is 22.5 Å². The van der Waals surface area contributed by atoms with Gasteiger partial charge in [0.1, 0.15) is 16.5 Å². The van der Waals surface area contributed by atoms with Crippen molar-refractivity contribution in [3.8, 4) is 11.8 Å². The monoisotopic (exact) mass is 383 g/mol. The Morgan fingerprint density at radius 3 is 2.63 bits per heavy atom. The Bertz CT molecular complexity index is 1000. The van der Waals surface area contributed by atoms with Crippen LogP contribution in [0.2, 0.25) is 0 Å². The minimum absolute atomic E-state index is 0.294. The van der Waals surface area contributed by atoms with E-state index in [1.54, 1.807) is 35.8 Å². The Balaban J connectivity index is 2.14. The lowest BCUT2D eigenvalue weighted by Crippen LogP contribution is -2.33. The highest BCUT2D eigenvalue weighted by molar-refractivity contribution is 7.71. The van der Waals surface area contributed by atoms with Crippen molar-refractivity contribution in [3.05, 3.63) is 51.2 Å². The van der Waals surface area contributed by atoms with E-state index in [1.165, 1.54) is 0 Å². The summed E-state index contributed by atoms with van der Waals surface area (Å²) in [7, 11) is 0. The molecule has 0 spiro atoms. The third-order valence-electron chi connectivity index (χ3n) is 4.58. The molecule has 1 aliphatic rings. The van der Waals surface area contributed by atoms with E-state index in [0.29, 0.717) is 46.9 Å². The SMILES string of the molecule is CCOC(=O)c1ccc(-n2c(N)c(C#N)c3c(c2=S)COC(C)(C)C3)cc1. The van der Waals surface area contributed by atoms with Gasteiger partial charge in [0.05, 0.1) is 29.9 Å². The van der Waals surface area contributed by atoms with E-state index in [4.69, 9.17) is 27.4 Å². The van der Waals surface area contributed by atoms with Crippen molar-refractivity contribution < 1.29 is 14.3 Å². The number of pyridine rings is 1. The van der Waals surface area contributed by atoms with E-state index in [9.17, 15) is 10.1 Å². The van der Waals surface area contributed by atoms with Gasteiger partial charge in [0, 0.05) is 17.7 Å². The second kappa shape index (κ2) is 7.14. The summed E-state index contributed by atoms with van der Waals surface area (Å²) in [5.41, 5.74) is 9.15. The maximum Gasteiger partial charge on any atom is 0.338 e. The molecule has 27 heavy (non-hydrogen) atoms. The lowest BCUT2D eigenvalue weighted by Gasteiger charge is -2.33. The van der Waals surface area contributed by atoms with Crippen LogP contribution in [0.3, 0.4) is 0 Å². The van der Waals surface area contributed by atoms with Gasteiger partial charge in [0.15, 0.2) is 0 Å². The van der Waals surface area contributed by atoms with Crippen LogP contribution in [0.5, 0.6) is 0 Å². The summed E-state index contributed by atoms with van der Waals surface area (Å²) >= 11 is 5.66. The Morgan fingerprint density at radius 1 is 1.37 bits per heavy atom. The Hall–Kier alpha value is -2.69. The first kappa shape index (κ1) is 19.1. The number of aromatic nitrogens is 1. The second-order valence-corrected chi connectivity index (χ2v) is 7.35. The average Bonchev–Trinajstić information content (AvgIpc) is 2.62. The molecule has 2 N–H and O–H groups in total. The van der Waals surface area contributed by atoms with E-state index >= 15 is 0 Å². The molecule has 3 rings (SSSR count). The van der Waals surface area contributed by atoms with Gasteiger partial charge in [-0.3, -0.25) is 4.57 Å². The fourth-order valence-electron chi connectivity index (χ4n) is 3.22. The molecular weight excluding hydrogens is 362 g/mol. The van der Waals surface area contributed by atoms with Gasteiger partial charge in [-0.2, -0.15) is 5.26 Å². The van der Waals surface area contributed by atoms with E-state index in [-0.39, 0.29) is 11.6 Å². The van der Waals surface area contributed by atoms with Crippen molar-refractivity contribution >= 4 is 24.0 Å². The average molecular weight is 383 g/mol. The quantitative estimate of drug-likeness (QED) is 0.642. The lowest BCUT2D eigenvalue weighted by atomic mass is 9.89. The zero-order valence-corrected chi connectivity index (χ0v) is 16.4. The zero-order valence-electron chi connectivity index (χ0n) is 15.5. The Morgan fingerprint density at radius 2 is 2.04 bits per heavy atom. The van der Waals surface area contributed by atoms with Crippen molar-refractivity contribution in [3.63, 3.8) is 0 Å². The van der Waals surface area contributed by atoms with Crippen LogP contribution in [0.15, 0.2) is 24.3 Å². The van der Waals surface area contributed by atoms with Crippen LogP contribution in [0.4, 0.5) is 5.82 Å². The molecule has 0 bridgehead atoms. The highest BCUT2D eigenvalue weighted by Crippen LogP contribution is 2.34. The first-order valence-corrected chi connectivity index (χ1v) is 9.07. The van der Waals surface area contributed by atoms with Crippen LogP contribution < -0.4 is 5.73 Å². The summed E-state index contributed by atoms with van der Waals surface area (Å²) < 4.78 is 13.1. The molecule has 0 amide bonds. The summed E-state index contributed by atoms with van der Waals surface area (Å²) in [6, 6.07) is 9.00. The van der Waals surface area contributed by atoms with E-state index < -0.39 is 0 Å². The van der Waals surface area contributed by atoms with Crippen molar-refractivity contribution in [2.75, 3.05) is 12.3 Å². The van der Waals surface area contributed by atoms with Crippen LogP contribution in [0, 0.1) is 16.0 Å². The summed E-state index contributed by atoms with van der Waals surface area (Å²) in [5, 5.41) is 9.70. The largest absolute Gasteiger partial charge is 0.462 e. The first-order valence-electron chi connectivity index (χ1n) is 8.67. The molecular formula is C20H21N3O3S. The topological polar surface area (TPSA) is 90.3 Å². The molecule has 0 fully saturated rings. The minimum Gasteiger partial charge on any atom is -0.462 e. The molecule has 140 valence electrons. The number of nitrogens with zero attached hydrogens (tertiary/aromatic N) is 2. The maximum atomic E-state index is 11.8. The van der Waals surface area contributed by atoms with Crippen molar-refractivity contribution in [1.82, 2.24) is 4.57 Å². The molecule has 0 saturated heterocycles. The number of esters is 1. The number of ether oxygens (including phenoxy) is 2. The fraction of sp³-hybridized carbons (Fsp3) is 0.350. The molecule has 0 radical (unpaired) electrons. The van der Waals surface area contributed by atoms with Crippen LogP contribution in [0.1, 0.15) is 47.8 Å². The molecule has 0 saturated carbocycles. The molecule has 0 aliphatic carbocycles. The smallest absolute Gasteiger partial charge is 0.338 e. The molecule has 2 heterocycles. The normalized spacial score (nSPS) is 14.9. The highest BCUT2D eigenvalue weighted by Gasteiger charge is 2.31. The molecule has 6 nitrogen and oxygen atoms in total. The van der Waals surface area contributed by atoms with Crippen LogP contribution in [0.25, 0.3) is 5.69 Å². The molecule has 0 unspecified atom stereocenters. The summed E-state index contributed by atoms with van der Waals surface area (Å²) in [5.74, 6) is -0.0951. The fourth-order valence-corrected chi connectivity index (χ4v) is 3.61. The Labute approximate surface area is 163 Å². The van der Waals surface area contributed by atoms with Crippen molar-refractivity contribution in [2.24, 2.45) is 0 Å². The predicted octanol–water partition coefficient (Wildman–Crippen LogP) is 3.69.